The first-order chi connectivity index (χ1) is 19.0. The van der Waals surface area contributed by atoms with Gasteiger partial charge in [0.15, 0.2) is 17.3 Å². The Hall–Kier alpha value is -4.31. The fraction of sp³-hybridized carbons (Fsp3) is 0.333. The van der Waals surface area contributed by atoms with Crippen LogP contribution >= 0.6 is 0 Å². The molecular weight excluding hydrogens is 577 g/mol. The first-order valence-corrected chi connectivity index (χ1v) is 11.7. The normalized spacial score (nSPS) is 15.7. The third-order valence-corrected chi connectivity index (χ3v) is 6.29. The first kappa shape index (κ1) is 29.7. The van der Waals surface area contributed by atoms with Crippen molar-refractivity contribution >= 4 is 28.8 Å². The molecule has 1 unspecified atom stereocenters. The molecule has 0 spiro atoms. The summed E-state index contributed by atoms with van der Waals surface area (Å²) >= 11 is 0. The van der Waals surface area contributed by atoms with Crippen LogP contribution in [0.1, 0.15) is 23.7 Å². The number of nitrogens with zero attached hydrogens (tertiary/aromatic N) is 3. The van der Waals surface area contributed by atoms with Gasteiger partial charge in [0.2, 0.25) is 5.43 Å². The van der Waals surface area contributed by atoms with Gasteiger partial charge in [0.25, 0.3) is 5.91 Å². The number of benzene rings is 1. The number of pyridine rings is 2. The number of urea groups is 1. The van der Waals surface area contributed by atoms with E-state index in [0.717, 1.165) is 17.0 Å². The Kier molecular flexibility index (Phi) is 7.66. The Bertz CT molecular complexity index is 1560. The van der Waals surface area contributed by atoms with Gasteiger partial charge in [-0.3, -0.25) is 19.1 Å². The third-order valence-electron chi connectivity index (χ3n) is 6.29. The molecule has 2 aromatic heterocycles. The summed E-state index contributed by atoms with van der Waals surface area (Å²) in [5.74, 6) is -8.88. The van der Waals surface area contributed by atoms with Crippen LogP contribution in [0.25, 0.3) is 16.7 Å². The summed E-state index contributed by atoms with van der Waals surface area (Å²) in [5, 5.41) is 3.27. The Morgan fingerprint density at radius 1 is 1.05 bits per heavy atom. The van der Waals surface area contributed by atoms with Crippen molar-refractivity contribution < 1.29 is 49.1 Å². The second kappa shape index (κ2) is 10.6. The highest BCUT2D eigenvalue weighted by Gasteiger charge is 2.46. The largest absolute Gasteiger partial charge is 0.408 e. The monoisotopic (exact) mass is 595 g/mol. The quantitative estimate of drug-likeness (QED) is 0.408. The van der Waals surface area contributed by atoms with Crippen LogP contribution in [0, 0.1) is 23.4 Å². The summed E-state index contributed by atoms with van der Waals surface area (Å²) in [5.41, 5.74) is -4.07. The Balaban J connectivity index is 1.89. The predicted molar refractivity (Wildman–Crippen MR) is 125 cm³/mol. The van der Waals surface area contributed by atoms with Crippen LogP contribution in [0.5, 0.6) is 0 Å². The van der Waals surface area contributed by atoms with E-state index in [4.69, 9.17) is 0 Å². The van der Waals surface area contributed by atoms with E-state index in [2.05, 4.69) is 10.3 Å². The number of halogens is 9. The summed E-state index contributed by atoms with van der Waals surface area (Å²) < 4.78 is 123. The van der Waals surface area contributed by atoms with Crippen molar-refractivity contribution in [3.05, 3.63) is 63.7 Å². The van der Waals surface area contributed by atoms with Gasteiger partial charge < -0.3 is 10.6 Å². The predicted octanol–water partition coefficient (Wildman–Crippen LogP) is 4.58. The number of hydrogen-bond donors (Lipinski definition) is 2. The van der Waals surface area contributed by atoms with Crippen molar-refractivity contribution in [1.29, 1.82) is 0 Å². The van der Waals surface area contributed by atoms with Crippen LogP contribution in [-0.2, 0) is 0 Å². The maximum Gasteiger partial charge on any atom is 0.408 e. The molecule has 1 aliphatic heterocycles. The molecule has 3 heterocycles. The molecule has 1 fully saturated rings. The van der Waals surface area contributed by atoms with Crippen LogP contribution in [0.15, 0.2) is 35.3 Å². The molecule has 2 N–H and O–H groups in total. The van der Waals surface area contributed by atoms with Gasteiger partial charge in [-0.15, -0.1) is 0 Å². The molecule has 0 saturated carbocycles. The SMILES string of the molecule is CC(C[C@@H](NC(=O)c1cn(-c2c(F)cc(F)cc2F)c2nc(N3CCNC3=O)ccc2c1=O)C(F)(F)F)C(F)(F)F. The molecule has 1 saturated heterocycles. The lowest BCUT2D eigenvalue weighted by Crippen LogP contribution is -2.48. The zero-order valence-corrected chi connectivity index (χ0v) is 20.6. The number of nitrogens with one attached hydrogen (secondary N) is 2. The second-order valence-corrected chi connectivity index (χ2v) is 9.13. The van der Waals surface area contributed by atoms with Gasteiger partial charge in [0, 0.05) is 31.4 Å². The average Bonchev–Trinajstić information content (AvgIpc) is 3.28. The molecule has 220 valence electrons. The van der Waals surface area contributed by atoms with Crippen LogP contribution in [0.3, 0.4) is 0 Å². The average molecular weight is 595 g/mol. The number of aromatic nitrogens is 2. The molecule has 1 aliphatic rings. The van der Waals surface area contributed by atoms with E-state index >= 15 is 0 Å². The minimum atomic E-state index is -5.37. The van der Waals surface area contributed by atoms with Crippen molar-refractivity contribution in [1.82, 2.24) is 20.2 Å². The molecular formula is C24H18F9N5O3. The molecule has 3 aromatic rings. The van der Waals surface area contributed by atoms with Gasteiger partial charge in [-0.1, -0.05) is 6.92 Å². The number of rotatable bonds is 6. The fourth-order valence-corrected chi connectivity index (χ4v) is 4.13. The van der Waals surface area contributed by atoms with Crippen molar-refractivity contribution in [2.45, 2.75) is 31.7 Å². The lowest BCUT2D eigenvalue weighted by atomic mass is 10.0. The van der Waals surface area contributed by atoms with Gasteiger partial charge in [-0.2, -0.15) is 26.3 Å². The van der Waals surface area contributed by atoms with Crippen molar-refractivity contribution in [3.8, 4) is 5.69 Å². The molecule has 2 atom stereocenters. The summed E-state index contributed by atoms with van der Waals surface area (Å²) in [4.78, 5) is 43.3. The number of alkyl halides is 6. The molecule has 0 radical (unpaired) electrons. The van der Waals surface area contributed by atoms with Gasteiger partial charge in [-0.25, -0.2) is 22.9 Å². The minimum Gasteiger partial charge on any atom is -0.340 e. The smallest absolute Gasteiger partial charge is 0.340 e. The van der Waals surface area contributed by atoms with Crippen molar-refractivity contribution in [2.75, 3.05) is 18.0 Å². The van der Waals surface area contributed by atoms with E-state index in [0.29, 0.717) is 17.7 Å². The molecule has 8 nitrogen and oxygen atoms in total. The van der Waals surface area contributed by atoms with Crippen molar-refractivity contribution in [3.63, 3.8) is 0 Å². The summed E-state index contributed by atoms with van der Waals surface area (Å²) in [6.07, 6.45) is -11.6. The van der Waals surface area contributed by atoms with Crippen LogP contribution in [-0.4, -0.2) is 53.0 Å². The van der Waals surface area contributed by atoms with E-state index in [9.17, 15) is 53.9 Å². The third kappa shape index (κ3) is 5.92. The highest BCUT2D eigenvalue weighted by molar-refractivity contribution is 5.98. The lowest BCUT2D eigenvalue weighted by molar-refractivity contribution is -0.193. The van der Waals surface area contributed by atoms with E-state index in [-0.39, 0.29) is 31.0 Å². The standard InChI is InChI=1S/C24H18F9N5O3/c1-10(23(28,29)30)6-16(24(31,32)33)35-21(40)13-9-38(18-14(26)7-11(25)8-15(18)27)20-12(19(13)39)2-3-17(36-20)37-5-4-34-22(37)41/h2-3,7-10,16H,4-6H2,1H3,(H,34,41)(H,35,40)/t10?,16-/m1/s1. The Morgan fingerprint density at radius 2 is 1.68 bits per heavy atom. The highest BCUT2D eigenvalue weighted by Crippen LogP contribution is 2.34. The van der Waals surface area contributed by atoms with Gasteiger partial charge in [0.1, 0.15) is 28.9 Å². The molecule has 0 aliphatic carbocycles. The summed E-state index contributed by atoms with van der Waals surface area (Å²) in [6, 6.07) is -1.04. The van der Waals surface area contributed by atoms with E-state index in [1.165, 1.54) is 5.32 Å². The maximum atomic E-state index is 14.8. The van der Waals surface area contributed by atoms with E-state index < -0.39 is 87.8 Å². The zero-order chi connectivity index (χ0) is 30.4. The molecule has 4 rings (SSSR count). The molecule has 41 heavy (non-hydrogen) atoms. The summed E-state index contributed by atoms with van der Waals surface area (Å²) in [6.45, 7) is 0.785. The number of amides is 3. The number of anilines is 1. The van der Waals surface area contributed by atoms with E-state index in [1.54, 1.807) is 0 Å². The number of fused-ring (bicyclic) bond motifs is 1. The fourth-order valence-electron chi connectivity index (χ4n) is 4.13. The Labute approximate surface area is 223 Å². The number of hydrogen-bond acceptors (Lipinski definition) is 4. The minimum absolute atomic E-state index is 0.108. The highest BCUT2D eigenvalue weighted by atomic mass is 19.4. The van der Waals surface area contributed by atoms with Crippen LogP contribution in [0.4, 0.5) is 50.1 Å². The summed E-state index contributed by atoms with van der Waals surface area (Å²) in [7, 11) is 0. The van der Waals surface area contributed by atoms with Crippen molar-refractivity contribution in [2.24, 2.45) is 5.92 Å². The van der Waals surface area contributed by atoms with Gasteiger partial charge in [-0.05, 0) is 18.6 Å². The van der Waals surface area contributed by atoms with Crippen LogP contribution in [0.2, 0.25) is 0 Å². The van der Waals surface area contributed by atoms with Gasteiger partial charge in [0.05, 0.1) is 11.3 Å². The van der Waals surface area contributed by atoms with Gasteiger partial charge >= 0.3 is 18.4 Å². The Morgan fingerprint density at radius 3 is 2.22 bits per heavy atom. The number of carbonyl (C=O) groups is 2. The first-order valence-electron chi connectivity index (χ1n) is 11.7. The zero-order valence-electron chi connectivity index (χ0n) is 20.6. The molecule has 1 aromatic carbocycles. The second-order valence-electron chi connectivity index (χ2n) is 9.13. The maximum absolute atomic E-state index is 14.8. The molecule has 17 heteroatoms. The van der Waals surface area contributed by atoms with Crippen LogP contribution < -0.4 is 21.0 Å². The van der Waals surface area contributed by atoms with E-state index in [1.807, 2.05) is 0 Å². The topological polar surface area (TPSA) is 96.3 Å². The number of carbonyl (C=O) groups excluding carboxylic acids is 2. The lowest BCUT2D eigenvalue weighted by Gasteiger charge is -2.26. The molecule has 0 bridgehead atoms. The molecule has 3 amide bonds.